The van der Waals surface area contributed by atoms with Crippen LogP contribution >= 0.6 is 11.3 Å². The Bertz CT molecular complexity index is 405. The van der Waals surface area contributed by atoms with E-state index in [9.17, 15) is 4.79 Å². The molecule has 4 nitrogen and oxygen atoms in total. The summed E-state index contributed by atoms with van der Waals surface area (Å²) < 4.78 is 5.25. The van der Waals surface area contributed by atoms with Gasteiger partial charge in [-0.05, 0) is 29.9 Å². The van der Waals surface area contributed by atoms with Crippen LogP contribution < -0.4 is 5.73 Å². The highest BCUT2D eigenvalue weighted by atomic mass is 32.1. The highest BCUT2D eigenvalue weighted by Gasteiger charge is 2.29. The van der Waals surface area contributed by atoms with E-state index in [0.29, 0.717) is 13.2 Å². The molecule has 2 heterocycles. The third-order valence-corrected chi connectivity index (χ3v) is 4.29. The van der Waals surface area contributed by atoms with Crippen molar-refractivity contribution in [1.82, 2.24) is 4.90 Å². The van der Waals surface area contributed by atoms with Crippen LogP contribution in [0.4, 0.5) is 0 Å². The molecule has 0 aromatic carbocycles. The van der Waals surface area contributed by atoms with Gasteiger partial charge in [0.2, 0.25) is 5.91 Å². The van der Waals surface area contributed by atoms with E-state index in [-0.39, 0.29) is 18.6 Å². The summed E-state index contributed by atoms with van der Waals surface area (Å²) in [6.45, 7) is 3.97. The zero-order valence-electron chi connectivity index (χ0n) is 10.7. The van der Waals surface area contributed by atoms with Gasteiger partial charge in [0.05, 0.1) is 12.6 Å². The molecule has 1 unspecified atom stereocenters. The van der Waals surface area contributed by atoms with Crippen molar-refractivity contribution in [3.05, 3.63) is 21.9 Å². The van der Waals surface area contributed by atoms with Gasteiger partial charge >= 0.3 is 0 Å². The van der Waals surface area contributed by atoms with E-state index < -0.39 is 0 Å². The SMILES string of the molecule is CCC1c2ccsc2CCN1C(=O)COCCN. The van der Waals surface area contributed by atoms with Crippen molar-refractivity contribution in [2.45, 2.75) is 25.8 Å². The molecule has 18 heavy (non-hydrogen) atoms. The number of rotatable bonds is 5. The van der Waals surface area contributed by atoms with Crippen molar-refractivity contribution >= 4 is 17.2 Å². The van der Waals surface area contributed by atoms with Gasteiger partial charge in [-0.1, -0.05) is 6.92 Å². The quantitative estimate of drug-likeness (QED) is 0.825. The number of amides is 1. The van der Waals surface area contributed by atoms with Gasteiger partial charge in [0, 0.05) is 18.0 Å². The minimum Gasteiger partial charge on any atom is -0.370 e. The van der Waals surface area contributed by atoms with E-state index in [1.807, 2.05) is 4.90 Å². The van der Waals surface area contributed by atoms with E-state index in [0.717, 1.165) is 19.4 Å². The van der Waals surface area contributed by atoms with Crippen molar-refractivity contribution in [1.29, 1.82) is 0 Å². The first-order valence-electron chi connectivity index (χ1n) is 6.41. The minimum absolute atomic E-state index is 0.0761. The molecule has 1 aromatic rings. The van der Waals surface area contributed by atoms with Crippen LogP contribution in [0, 0.1) is 0 Å². The Morgan fingerprint density at radius 3 is 3.22 bits per heavy atom. The van der Waals surface area contributed by atoms with Crippen LogP contribution in [0.15, 0.2) is 11.4 Å². The predicted octanol–water partition coefficient (Wildman–Crippen LogP) is 1.56. The van der Waals surface area contributed by atoms with E-state index in [1.165, 1.54) is 10.4 Å². The maximum Gasteiger partial charge on any atom is 0.249 e. The minimum atomic E-state index is 0.0761. The van der Waals surface area contributed by atoms with Crippen molar-refractivity contribution in [2.75, 3.05) is 26.3 Å². The van der Waals surface area contributed by atoms with Crippen LogP contribution in [0.2, 0.25) is 0 Å². The molecule has 2 rings (SSSR count). The highest BCUT2D eigenvalue weighted by Crippen LogP contribution is 2.35. The Morgan fingerprint density at radius 2 is 2.50 bits per heavy atom. The lowest BCUT2D eigenvalue weighted by Gasteiger charge is -2.35. The molecule has 100 valence electrons. The summed E-state index contributed by atoms with van der Waals surface area (Å²) in [5.41, 5.74) is 6.67. The number of nitrogens with two attached hydrogens (primary N) is 1. The number of thiophene rings is 1. The van der Waals surface area contributed by atoms with Crippen LogP contribution in [0.25, 0.3) is 0 Å². The number of carbonyl (C=O) groups is 1. The third-order valence-electron chi connectivity index (χ3n) is 3.29. The van der Waals surface area contributed by atoms with E-state index in [1.54, 1.807) is 11.3 Å². The van der Waals surface area contributed by atoms with E-state index >= 15 is 0 Å². The first-order chi connectivity index (χ1) is 8.77. The van der Waals surface area contributed by atoms with Crippen molar-refractivity contribution in [3.63, 3.8) is 0 Å². The van der Waals surface area contributed by atoms with Gasteiger partial charge in [0.1, 0.15) is 6.61 Å². The molecular formula is C13H20N2O2S. The van der Waals surface area contributed by atoms with Gasteiger partial charge in [-0.15, -0.1) is 11.3 Å². The van der Waals surface area contributed by atoms with Crippen LogP contribution in [-0.2, 0) is 16.0 Å². The van der Waals surface area contributed by atoms with Gasteiger partial charge in [-0.2, -0.15) is 0 Å². The van der Waals surface area contributed by atoms with Crippen molar-refractivity contribution in [3.8, 4) is 0 Å². The van der Waals surface area contributed by atoms with Crippen molar-refractivity contribution in [2.24, 2.45) is 5.73 Å². The lowest BCUT2D eigenvalue weighted by Crippen LogP contribution is -2.41. The number of carbonyl (C=O) groups excluding carboxylic acids is 1. The van der Waals surface area contributed by atoms with Crippen LogP contribution in [0.3, 0.4) is 0 Å². The second kappa shape index (κ2) is 6.31. The third kappa shape index (κ3) is 2.74. The van der Waals surface area contributed by atoms with Gasteiger partial charge in [0.25, 0.3) is 0 Å². The monoisotopic (exact) mass is 268 g/mol. The molecule has 0 saturated heterocycles. The molecule has 0 radical (unpaired) electrons. The summed E-state index contributed by atoms with van der Waals surface area (Å²) in [6.07, 6.45) is 1.92. The van der Waals surface area contributed by atoms with Crippen LogP contribution in [0.5, 0.6) is 0 Å². The number of fused-ring (bicyclic) bond motifs is 1. The average molecular weight is 268 g/mol. The molecule has 0 saturated carbocycles. The van der Waals surface area contributed by atoms with E-state index in [4.69, 9.17) is 10.5 Å². The maximum atomic E-state index is 12.1. The van der Waals surface area contributed by atoms with Gasteiger partial charge in [-0.3, -0.25) is 4.79 Å². The molecular weight excluding hydrogens is 248 g/mol. The summed E-state index contributed by atoms with van der Waals surface area (Å²) in [5.74, 6) is 0.0761. The Hall–Kier alpha value is -0.910. The lowest BCUT2D eigenvalue weighted by atomic mass is 9.98. The molecule has 0 aliphatic carbocycles. The largest absolute Gasteiger partial charge is 0.370 e. The Morgan fingerprint density at radius 1 is 1.67 bits per heavy atom. The smallest absolute Gasteiger partial charge is 0.249 e. The molecule has 1 aliphatic heterocycles. The summed E-state index contributed by atoms with van der Waals surface area (Å²) in [4.78, 5) is 15.5. The maximum absolute atomic E-state index is 12.1. The van der Waals surface area contributed by atoms with Crippen molar-refractivity contribution < 1.29 is 9.53 Å². The second-order valence-corrected chi connectivity index (χ2v) is 5.40. The zero-order chi connectivity index (χ0) is 13.0. The fourth-order valence-corrected chi connectivity index (χ4v) is 3.39. The van der Waals surface area contributed by atoms with E-state index in [2.05, 4.69) is 18.4 Å². The molecule has 1 amide bonds. The molecule has 0 bridgehead atoms. The molecule has 0 fully saturated rings. The van der Waals surface area contributed by atoms with Gasteiger partial charge < -0.3 is 15.4 Å². The standard InChI is InChI=1S/C13H20N2O2S/c1-2-11-10-4-8-18-12(10)3-6-15(11)13(16)9-17-7-5-14/h4,8,11H,2-3,5-7,9,14H2,1H3. The highest BCUT2D eigenvalue weighted by molar-refractivity contribution is 7.10. The van der Waals surface area contributed by atoms with Crippen LogP contribution in [-0.4, -0.2) is 37.1 Å². The Balaban J connectivity index is 2.03. The van der Waals surface area contributed by atoms with Crippen LogP contribution in [0.1, 0.15) is 29.8 Å². The average Bonchev–Trinajstić information content (AvgIpc) is 2.85. The number of hydrogen-bond donors (Lipinski definition) is 1. The second-order valence-electron chi connectivity index (χ2n) is 4.40. The summed E-state index contributed by atoms with van der Waals surface area (Å²) in [7, 11) is 0. The topological polar surface area (TPSA) is 55.6 Å². The summed E-state index contributed by atoms with van der Waals surface area (Å²) >= 11 is 1.79. The molecule has 0 spiro atoms. The predicted molar refractivity (Wildman–Crippen MR) is 72.6 cm³/mol. The van der Waals surface area contributed by atoms with Gasteiger partial charge in [0.15, 0.2) is 0 Å². The molecule has 1 aliphatic rings. The molecule has 2 N–H and O–H groups in total. The first kappa shape index (κ1) is 13.5. The molecule has 1 aromatic heterocycles. The fraction of sp³-hybridized carbons (Fsp3) is 0.615. The number of nitrogens with zero attached hydrogens (tertiary/aromatic N) is 1. The summed E-state index contributed by atoms with van der Waals surface area (Å²) in [6, 6.07) is 2.36. The fourth-order valence-electron chi connectivity index (χ4n) is 2.46. The normalized spacial score (nSPS) is 18.8. The first-order valence-corrected chi connectivity index (χ1v) is 7.29. The lowest BCUT2D eigenvalue weighted by molar-refractivity contribution is -0.139. The number of hydrogen-bond acceptors (Lipinski definition) is 4. The van der Waals surface area contributed by atoms with Gasteiger partial charge in [-0.25, -0.2) is 0 Å². The zero-order valence-corrected chi connectivity index (χ0v) is 11.5. The molecule has 1 atom stereocenters. The Kier molecular flexibility index (Phi) is 4.74. The molecule has 5 heteroatoms. The Labute approximate surface area is 112 Å². The number of ether oxygens (including phenoxy) is 1. The summed E-state index contributed by atoms with van der Waals surface area (Å²) in [5, 5.41) is 2.12.